The minimum Gasteiger partial charge on any atom is -0.354 e. The van der Waals surface area contributed by atoms with Gasteiger partial charge in [-0.05, 0) is 19.6 Å². The first-order chi connectivity index (χ1) is 10.2. The fourth-order valence-corrected chi connectivity index (χ4v) is 2.33. The third-order valence-corrected chi connectivity index (χ3v) is 3.52. The Morgan fingerprint density at radius 2 is 2.10 bits per heavy atom. The highest BCUT2D eigenvalue weighted by molar-refractivity contribution is 7.98. The summed E-state index contributed by atoms with van der Waals surface area (Å²) < 4.78 is 1.77. The molecule has 0 bridgehead atoms. The minimum absolute atomic E-state index is 0.289. The van der Waals surface area contributed by atoms with Crippen LogP contribution in [-0.4, -0.2) is 49.1 Å². The van der Waals surface area contributed by atoms with Crippen molar-refractivity contribution in [3.05, 3.63) is 18.7 Å². The van der Waals surface area contributed by atoms with E-state index >= 15 is 0 Å². The topological polar surface area (TPSA) is 80.5 Å². The molecule has 21 heavy (non-hydrogen) atoms. The van der Waals surface area contributed by atoms with Gasteiger partial charge in [-0.25, -0.2) is 4.98 Å². The molecule has 0 saturated carbocycles. The molecule has 2 N–H and O–H groups in total. The van der Waals surface area contributed by atoms with Crippen molar-refractivity contribution in [3.8, 4) is 5.95 Å². The van der Waals surface area contributed by atoms with E-state index in [0.29, 0.717) is 17.8 Å². The second-order valence-corrected chi connectivity index (χ2v) is 5.59. The number of imidazole rings is 1. The van der Waals surface area contributed by atoms with Gasteiger partial charge in [-0.3, -0.25) is 4.57 Å². The summed E-state index contributed by atoms with van der Waals surface area (Å²) in [6, 6.07) is 0.289. The van der Waals surface area contributed by atoms with Crippen LogP contribution in [0.25, 0.3) is 5.95 Å². The lowest BCUT2D eigenvalue weighted by Gasteiger charge is -2.14. The molecule has 1 atom stereocenters. The first-order valence-electron chi connectivity index (χ1n) is 6.96. The maximum absolute atomic E-state index is 4.45. The Morgan fingerprint density at radius 3 is 2.76 bits per heavy atom. The zero-order chi connectivity index (χ0) is 15.1. The zero-order valence-corrected chi connectivity index (χ0v) is 13.4. The van der Waals surface area contributed by atoms with E-state index in [2.05, 4.69) is 50.7 Å². The summed E-state index contributed by atoms with van der Waals surface area (Å²) in [5, 5.41) is 6.51. The molecule has 0 aliphatic rings. The van der Waals surface area contributed by atoms with Gasteiger partial charge >= 0.3 is 0 Å². The quantitative estimate of drug-likeness (QED) is 0.772. The van der Waals surface area contributed by atoms with Crippen molar-refractivity contribution in [1.29, 1.82) is 0 Å². The van der Waals surface area contributed by atoms with Crippen LogP contribution in [0.3, 0.4) is 0 Å². The lowest BCUT2D eigenvalue weighted by Crippen LogP contribution is -2.21. The zero-order valence-electron chi connectivity index (χ0n) is 12.6. The normalized spacial score (nSPS) is 12.1. The molecule has 0 aliphatic carbocycles. The Bertz CT molecular complexity index is 543. The first-order valence-corrected chi connectivity index (χ1v) is 8.36. The molecule has 114 valence electrons. The summed E-state index contributed by atoms with van der Waals surface area (Å²) in [5.74, 6) is 2.70. The number of aromatic nitrogens is 5. The van der Waals surface area contributed by atoms with Crippen LogP contribution in [0, 0.1) is 0 Å². The predicted molar refractivity (Wildman–Crippen MR) is 87.2 cm³/mol. The predicted octanol–water partition coefficient (Wildman–Crippen LogP) is 2.04. The van der Waals surface area contributed by atoms with E-state index in [0.717, 1.165) is 18.7 Å². The molecule has 0 fully saturated rings. The van der Waals surface area contributed by atoms with Crippen molar-refractivity contribution in [2.75, 3.05) is 29.2 Å². The molecule has 2 aromatic rings. The number of nitrogens with one attached hydrogen (secondary N) is 2. The van der Waals surface area contributed by atoms with Crippen molar-refractivity contribution in [2.24, 2.45) is 0 Å². The van der Waals surface area contributed by atoms with Gasteiger partial charge in [0.15, 0.2) is 0 Å². The van der Waals surface area contributed by atoms with Gasteiger partial charge in [-0.15, -0.1) is 0 Å². The lowest BCUT2D eigenvalue weighted by molar-refractivity contribution is 0.843. The van der Waals surface area contributed by atoms with Crippen LogP contribution in [-0.2, 0) is 0 Å². The Hall–Kier alpha value is -1.83. The van der Waals surface area contributed by atoms with Gasteiger partial charge in [0.2, 0.25) is 17.8 Å². The van der Waals surface area contributed by atoms with Gasteiger partial charge in [0.1, 0.15) is 6.33 Å². The average molecular weight is 307 g/mol. The summed E-state index contributed by atoms with van der Waals surface area (Å²) in [6.45, 7) is 5.04. The van der Waals surface area contributed by atoms with Gasteiger partial charge in [0, 0.05) is 30.7 Å². The molecule has 2 aromatic heterocycles. The first kappa shape index (κ1) is 15.6. The maximum atomic E-state index is 4.45. The van der Waals surface area contributed by atoms with Crippen LogP contribution in [0.5, 0.6) is 0 Å². The molecular weight excluding hydrogens is 286 g/mol. The number of rotatable bonds is 8. The summed E-state index contributed by atoms with van der Waals surface area (Å²) >= 11 is 1.78. The van der Waals surface area contributed by atoms with Crippen molar-refractivity contribution in [1.82, 2.24) is 24.5 Å². The highest BCUT2D eigenvalue weighted by atomic mass is 32.2. The molecule has 0 radical (unpaired) electrons. The fourth-order valence-electron chi connectivity index (χ4n) is 1.75. The largest absolute Gasteiger partial charge is 0.354 e. The lowest BCUT2D eigenvalue weighted by atomic mass is 10.4. The number of thioether (sulfide) groups is 1. The minimum atomic E-state index is 0.289. The Morgan fingerprint density at radius 1 is 1.29 bits per heavy atom. The monoisotopic (exact) mass is 307 g/mol. The van der Waals surface area contributed by atoms with E-state index in [4.69, 9.17) is 0 Å². The number of hydrogen-bond donors (Lipinski definition) is 2. The molecule has 0 saturated heterocycles. The van der Waals surface area contributed by atoms with Gasteiger partial charge < -0.3 is 10.6 Å². The SMILES string of the molecule is CCCNc1nc(NC(C)CSC)nc(-n2ccnc2)n1. The van der Waals surface area contributed by atoms with Gasteiger partial charge in [0.25, 0.3) is 0 Å². The van der Waals surface area contributed by atoms with E-state index in [1.165, 1.54) is 0 Å². The van der Waals surface area contributed by atoms with E-state index in [1.54, 1.807) is 28.9 Å². The van der Waals surface area contributed by atoms with Crippen molar-refractivity contribution in [2.45, 2.75) is 26.3 Å². The summed E-state index contributed by atoms with van der Waals surface area (Å²) in [6.07, 6.45) is 8.28. The van der Waals surface area contributed by atoms with E-state index in [-0.39, 0.29) is 6.04 Å². The Labute approximate surface area is 129 Å². The standard InChI is InChI=1S/C13H21N7S/c1-4-5-15-11-17-12(16-10(2)8-21-3)19-13(18-11)20-7-6-14-9-20/h6-7,9-10H,4-5,8H2,1-3H3,(H2,15,16,17,18,19). The Balaban J connectivity index is 2.24. The molecule has 0 aromatic carbocycles. The molecule has 0 aliphatic heterocycles. The van der Waals surface area contributed by atoms with Crippen molar-refractivity contribution >= 4 is 23.7 Å². The van der Waals surface area contributed by atoms with Crippen LogP contribution >= 0.6 is 11.8 Å². The van der Waals surface area contributed by atoms with Crippen molar-refractivity contribution < 1.29 is 0 Å². The molecule has 2 rings (SSSR count). The summed E-state index contributed by atoms with van der Waals surface area (Å²) in [4.78, 5) is 17.3. The molecule has 7 nitrogen and oxygen atoms in total. The molecular formula is C13H21N7S. The number of anilines is 2. The number of nitrogens with zero attached hydrogens (tertiary/aromatic N) is 5. The van der Waals surface area contributed by atoms with E-state index < -0.39 is 0 Å². The summed E-state index contributed by atoms with van der Waals surface area (Å²) in [5.41, 5.74) is 0. The highest BCUT2D eigenvalue weighted by Gasteiger charge is 2.10. The molecule has 0 amide bonds. The van der Waals surface area contributed by atoms with Gasteiger partial charge in [-0.2, -0.15) is 26.7 Å². The highest BCUT2D eigenvalue weighted by Crippen LogP contribution is 2.11. The fraction of sp³-hybridized carbons (Fsp3) is 0.538. The van der Waals surface area contributed by atoms with E-state index in [9.17, 15) is 0 Å². The summed E-state index contributed by atoms with van der Waals surface area (Å²) in [7, 11) is 0. The second-order valence-electron chi connectivity index (χ2n) is 4.68. The second kappa shape index (κ2) is 7.82. The molecule has 0 spiro atoms. The van der Waals surface area contributed by atoms with Crippen LogP contribution in [0.1, 0.15) is 20.3 Å². The van der Waals surface area contributed by atoms with Crippen LogP contribution in [0.4, 0.5) is 11.9 Å². The molecule has 8 heteroatoms. The molecule has 2 heterocycles. The smallest absolute Gasteiger partial charge is 0.241 e. The van der Waals surface area contributed by atoms with Gasteiger partial charge in [0.05, 0.1) is 0 Å². The third-order valence-electron chi connectivity index (χ3n) is 2.68. The average Bonchev–Trinajstić information content (AvgIpc) is 2.99. The third kappa shape index (κ3) is 4.59. The Kier molecular flexibility index (Phi) is 5.79. The maximum Gasteiger partial charge on any atom is 0.241 e. The van der Waals surface area contributed by atoms with Crippen molar-refractivity contribution in [3.63, 3.8) is 0 Å². The van der Waals surface area contributed by atoms with Crippen LogP contribution in [0.15, 0.2) is 18.7 Å². The van der Waals surface area contributed by atoms with Crippen LogP contribution < -0.4 is 10.6 Å². The van der Waals surface area contributed by atoms with E-state index in [1.807, 2.05) is 6.20 Å². The van der Waals surface area contributed by atoms with Crippen LogP contribution in [0.2, 0.25) is 0 Å². The van der Waals surface area contributed by atoms with Gasteiger partial charge in [-0.1, -0.05) is 6.92 Å². The molecule has 1 unspecified atom stereocenters. The number of hydrogen-bond acceptors (Lipinski definition) is 7.